The van der Waals surface area contributed by atoms with Crippen LogP contribution in [0.3, 0.4) is 0 Å². The molecule has 0 saturated heterocycles. The molecule has 0 aromatic heterocycles. The molecule has 0 amide bonds. The van der Waals surface area contributed by atoms with E-state index in [9.17, 15) is 0 Å². The number of fused-ring (bicyclic) bond motifs is 4. The van der Waals surface area contributed by atoms with Crippen molar-refractivity contribution in [2.75, 3.05) is 0 Å². The quantitative estimate of drug-likeness (QED) is 0.126. The van der Waals surface area contributed by atoms with Crippen LogP contribution < -0.4 is 0 Å². The molecule has 0 fully saturated rings. The Morgan fingerprint density at radius 3 is 1.56 bits per heavy atom. The molecule has 2 radical (unpaired) electrons. The number of benzene rings is 4. The fourth-order valence-corrected chi connectivity index (χ4v) is 4.90. The zero-order valence-corrected chi connectivity index (χ0v) is 30.4. The largest absolute Gasteiger partial charge is 0.126 e. The van der Waals surface area contributed by atoms with Crippen LogP contribution in [0.25, 0.3) is 43.4 Å². The van der Waals surface area contributed by atoms with Crippen LogP contribution in [-0.2, 0) is 28.8 Å². The number of rotatable bonds is 2. The Morgan fingerprint density at radius 1 is 0.610 bits per heavy atom. The first-order valence-corrected chi connectivity index (χ1v) is 17.1. The monoisotopic (exact) mass is 674 g/mol. The number of halogens is 2. The van der Waals surface area contributed by atoms with Gasteiger partial charge in [-0.15, -0.1) is 99.1 Å². The predicted molar refractivity (Wildman–Crippen MR) is 188 cm³/mol. The average molecular weight is 677 g/mol. The van der Waals surface area contributed by atoms with Crippen molar-refractivity contribution in [2.24, 2.45) is 0 Å². The van der Waals surface area contributed by atoms with Crippen molar-refractivity contribution in [3.63, 3.8) is 0 Å². The summed E-state index contributed by atoms with van der Waals surface area (Å²) in [6.45, 7) is 14.4. The van der Waals surface area contributed by atoms with Crippen molar-refractivity contribution >= 4 is 64.0 Å². The van der Waals surface area contributed by atoms with Gasteiger partial charge in [-0.05, 0) is 22.5 Å². The first kappa shape index (κ1) is 39.0. The Balaban J connectivity index is 0.000000730. The molecule has 0 unspecified atom stereocenters. The Morgan fingerprint density at radius 2 is 1.07 bits per heavy atom. The first-order chi connectivity index (χ1) is 17.8. The van der Waals surface area contributed by atoms with E-state index < -0.39 is 0 Å². The molecule has 41 heavy (non-hydrogen) atoms. The normalized spacial score (nSPS) is 10.2. The Labute approximate surface area is 277 Å². The van der Waals surface area contributed by atoms with Crippen molar-refractivity contribution in [3.05, 3.63) is 135 Å². The third-order valence-electron chi connectivity index (χ3n) is 7.02. The Bertz CT molecular complexity index is 1570. The second kappa shape index (κ2) is 17.2. The van der Waals surface area contributed by atoms with Crippen molar-refractivity contribution in [1.29, 1.82) is 0 Å². The smallest absolute Gasteiger partial charge is 0.0771 e. The molecule has 6 aromatic rings. The fourth-order valence-electron chi connectivity index (χ4n) is 4.90. The van der Waals surface area contributed by atoms with Crippen molar-refractivity contribution < 1.29 is 23.3 Å². The summed E-state index contributed by atoms with van der Waals surface area (Å²) in [6.07, 6.45) is 0. The summed E-state index contributed by atoms with van der Waals surface area (Å²) in [5, 5.41) is 8.11. The van der Waals surface area contributed by atoms with Gasteiger partial charge in [-0.1, -0.05) is 107 Å². The molecule has 6 aromatic carbocycles. The van der Waals surface area contributed by atoms with E-state index in [1.807, 2.05) is 0 Å². The fraction of sp³-hybridized carbons (Fsp3) is 0.189. The maximum Gasteiger partial charge on any atom is -0.0771 e. The van der Waals surface area contributed by atoms with Gasteiger partial charge in [0.25, 0.3) is 0 Å². The molecule has 0 aliphatic rings. The van der Waals surface area contributed by atoms with Crippen LogP contribution >= 0.6 is 24.8 Å². The van der Waals surface area contributed by atoms with Crippen LogP contribution in [0.2, 0.25) is 0 Å². The van der Waals surface area contributed by atoms with Gasteiger partial charge in [-0.2, -0.15) is 6.07 Å². The summed E-state index contributed by atoms with van der Waals surface area (Å²) in [5.74, 6) is 0.573. The first-order valence-electron chi connectivity index (χ1n) is 12.9. The molecule has 0 bridgehead atoms. The standard InChI is InChI=1S/C22H25.C13H9.2CH3.2ClH.Si.Zr/c1-15(2)18-13-17-7-6-8-20(21(17)14-18)16-9-11-19(12-10-16)22(3,4)5;1-3-7-12-10(5-1)9-11-6-2-4-8-13(11)12;;;;;;/h6-15H,1-5H3;1-9H;2*1H3;2*1H;;/q4*-1;;;;. The summed E-state index contributed by atoms with van der Waals surface area (Å²) in [5.41, 5.74) is 5.65. The molecule has 6 rings (SSSR count). The molecular formula is C37H42Cl2SiZr-4. The molecule has 4 heteroatoms. The molecule has 0 aliphatic carbocycles. The van der Waals surface area contributed by atoms with Gasteiger partial charge in [-0.3, -0.25) is 0 Å². The average Bonchev–Trinajstić information content (AvgIpc) is 3.52. The van der Waals surface area contributed by atoms with Crippen molar-refractivity contribution in [2.45, 2.75) is 46.0 Å². The molecule has 0 atom stereocenters. The minimum Gasteiger partial charge on any atom is -0.126 e. The van der Waals surface area contributed by atoms with Gasteiger partial charge in [0.15, 0.2) is 0 Å². The van der Waals surface area contributed by atoms with Gasteiger partial charge in [0, 0.05) is 0 Å². The van der Waals surface area contributed by atoms with E-state index in [0.717, 1.165) is 0 Å². The minimum absolute atomic E-state index is 0. The third kappa shape index (κ3) is 9.01. The second-order valence-corrected chi connectivity index (χ2v) is 10.9. The molecule has 0 nitrogen and oxygen atoms in total. The van der Waals surface area contributed by atoms with Crippen molar-refractivity contribution in [3.8, 4) is 11.1 Å². The van der Waals surface area contributed by atoms with E-state index in [0.29, 0.717) is 5.92 Å². The summed E-state index contributed by atoms with van der Waals surface area (Å²) in [7, 11) is 0. The molecule has 0 N–H and O–H groups in total. The Hall–Kier alpha value is -1.96. The minimum atomic E-state index is 0. The third-order valence-corrected chi connectivity index (χ3v) is 7.02. The van der Waals surface area contributed by atoms with Crippen LogP contribution in [0.1, 0.15) is 51.7 Å². The second-order valence-electron chi connectivity index (χ2n) is 10.9. The maximum absolute atomic E-state index is 3.06. The van der Waals surface area contributed by atoms with Crippen LogP contribution in [0.15, 0.2) is 109 Å². The van der Waals surface area contributed by atoms with E-state index in [2.05, 4.69) is 151 Å². The number of hydrogen-bond donors (Lipinski definition) is 0. The molecule has 0 aliphatic heterocycles. The van der Waals surface area contributed by atoms with Gasteiger partial charge in [0.2, 0.25) is 0 Å². The van der Waals surface area contributed by atoms with E-state index in [-0.39, 0.29) is 45.1 Å². The van der Waals surface area contributed by atoms with E-state index >= 15 is 0 Å². The zero-order valence-electron chi connectivity index (χ0n) is 25.3. The van der Waals surface area contributed by atoms with Crippen LogP contribution in [0, 0.1) is 14.9 Å². The van der Waals surface area contributed by atoms with Crippen molar-refractivity contribution in [1.82, 2.24) is 0 Å². The van der Waals surface area contributed by atoms with Gasteiger partial charge < -0.3 is 14.9 Å². The van der Waals surface area contributed by atoms with E-state index in [1.54, 1.807) is 0 Å². The summed E-state index contributed by atoms with van der Waals surface area (Å²) in [4.78, 5) is 0. The molecule has 216 valence electrons. The molecule has 0 heterocycles. The SMILES string of the molecule is CC(C)c1cc2c(-c3ccc(C(C)(C)C)cc3)cccc2[cH-]1.Cl.Cl.[CH3-].[CH3-].[Si]=[Zr].c1ccc2c(c1)[cH-]c1ccccc12. The summed E-state index contributed by atoms with van der Waals surface area (Å²) >= 11 is 1.36. The Kier molecular flexibility index (Phi) is 16.4. The topological polar surface area (TPSA) is 0 Å². The van der Waals surface area contributed by atoms with Crippen LogP contribution in [0.4, 0.5) is 0 Å². The molecule has 0 spiro atoms. The maximum atomic E-state index is 3.06. The van der Waals surface area contributed by atoms with Gasteiger partial charge >= 0.3 is 30.2 Å². The van der Waals surface area contributed by atoms with Crippen LogP contribution in [0.5, 0.6) is 0 Å². The van der Waals surface area contributed by atoms with Gasteiger partial charge in [0.1, 0.15) is 0 Å². The predicted octanol–water partition coefficient (Wildman–Crippen LogP) is 11.7. The molecule has 0 saturated carbocycles. The zero-order chi connectivity index (χ0) is 26.6. The molecular weight excluding hydrogens is 635 g/mol. The van der Waals surface area contributed by atoms with E-state index in [4.69, 9.17) is 0 Å². The summed E-state index contributed by atoms with van der Waals surface area (Å²) < 4.78 is 0. The summed E-state index contributed by atoms with van der Waals surface area (Å²) in [6, 6.07) is 39.6. The van der Waals surface area contributed by atoms with E-state index in [1.165, 1.54) is 77.9 Å². The number of hydrogen-bond acceptors (Lipinski definition) is 0. The van der Waals surface area contributed by atoms with Gasteiger partial charge in [0.05, 0.1) is 0 Å². The van der Waals surface area contributed by atoms with Crippen LogP contribution in [-0.4, -0.2) is 6.88 Å². The van der Waals surface area contributed by atoms with Gasteiger partial charge in [-0.25, -0.2) is 0 Å².